The molecule has 0 bridgehead atoms. The zero-order valence-electron chi connectivity index (χ0n) is 17.8. The van der Waals surface area contributed by atoms with E-state index < -0.39 is 5.97 Å². The lowest BCUT2D eigenvalue weighted by atomic mass is 10.2. The Morgan fingerprint density at radius 3 is 2.50 bits per heavy atom. The molecule has 0 atom stereocenters. The molecule has 1 heterocycles. The third-order valence-corrected chi connectivity index (χ3v) is 5.84. The summed E-state index contributed by atoms with van der Waals surface area (Å²) < 4.78 is 7.12. The van der Waals surface area contributed by atoms with Crippen LogP contribution in [0.25, 0.3) is 11.4 Å². The molecule has 0 saturated heterocycles. The fourth-order valence-corrected chi connectivity index (χ4v) is 3.93. The lowest BCUT2D eigenvalue weighted by Crippen LogP contribution is -2.16. The van der Waals surface area contributed by atoms with Crippen LogP contribution >= 0.6 is 35.0 Å². The van der Waals surface area contributed by atoms with Crippen LogP contribution in [0.4, 0.5) is 5.69 Å². The molecule has 0 unspecified atom stereocenters. The molecule has 7 nitrogen and oxygen atoms in total. The topological polar surface area (TPSA) is 86.1 Å². The molecule has 0 radical (unpaired) electrons. The van der Waals surface area contributed by atoms with Crippen molar-refractivity contribution in [3.05, 3.63) is 58.1 Å². The summed E-state index contributed by atoms with van der Waals surface area (Å²) in [7, 11) is 0. The first kappa shape index (κ1) is 24.1. The molecule has 0 spiro atoms. The van der Waals surface area contributed by atoms with Gasteiger partial charge in [0.15, 0.2) is 11.0 Å². The normalized spacial score (nSPS) is 10.9. The molecular formula is C22H22Cl2N4O3S. The number of anilines is 1. The van der Waals surface area contributed by atoms with E-state index in [1.165, 1.54) is 17.8 Å². The molecule has 1 N–H and O–H groups in total. The van der Waals surface area contributed by atoms with E-state index >= 15 is 0 Å². The van der Waals surface area contributed by atoms with Gasteiger partial charge in [0.2, 0.25) is 5.91 Å². The Morgan fingerprint density at radius 1 is 1.12 bits per heavy atom. The van der Waals surface area contributed by atoms with Crippen LogP contribution < -0.4 is 5.32 Å². The van der Waals surface area contributed by atoms with Gasteiger partial charge in [-0.2, -0.15) is 0 Å². The van der Waals surface area contributed by atoms with Gasteiger partial charge in [0.05, 0.1) is 28.1 Å². The van der Waals surface area contributed by atoms with E-state index in [9.17, 15) is 9.59 Å². The number of ether oxygens (including phenoxy) is 1. The van der Waals surface area contributed by atoms with Gasteiger partial charge in [0.1, 0.15) is 0 Å². The summed E-state index contributed by atoms with van der Waals surface area (Å²) in [6.45, 7) is 6.15. The second-order valence-electron chi connectivity index (χ2n) is 7.04. The number of carbonyl (C=O) groups excluding carboxylic acids is 2. The average Bonchev–Trinajstić information content (AvgIpc) is 3.16. The maximum Gasteiger partial charge on any atom is 0.338 e. The van der Waals surface area contributed by atoms with E-state index in [-0.39, 0.29) is 17.8 Å². The van der Waals surface area contributed by atoms with Gasteiger partial charge in [-0.1, -0.05) is 35.0 Å². The van der Waals surface area contributed by atoms with Gasteiger partial charge in [-0.05, 0) is 63.2 Å². The summed E-state index contributed by atoms with van der Waals surface area (Å²) in [6.07, 6.45) is -0.249. The monoisotopic (exact) mass is 492 g/mol. The van der Waals surface area contributed by atoms with Gasteiger partial charge in [0.25, 0.3) is 0 Å². The number of carbonyl (C=O) groups is 2. The summed E-state index contributed by atoms with van der Waals surface area (Å²) >= 11 is 13.4. The van der Waals surface area contributed by atoms with Crippen molar-refractivity contribution in [3.63, 3.8) is 0 Å². The van der Waals surface area contributed by atoms with Crippen molar-refractivity contribution in [1.82, 2.24) is 14.8 Å². The van der Waals surface area contributed by atoms with Crippen molar-refractivity contribution in [2.24, 2.45) is 0 Å². The highest BCUT2D eigenvalue weighted by atomic mass is 35.5. The molecule has 1 aromatic heterocycles. The Balaban J connectivity index is 1.68. The largest absolute Gasteiger partial charge is 0.459 e. The van der Waals surface area contributed by atoms with E-state index in [1.807, 2.05) is 23.6 Å². The molecule has 0 aliphatic heterocycles. The van der Waals surface area contributed by atoms with Crippen LogP contribution in [0.5, 0.6) is 0 Å². The lowest BCUT2D eigenvalue weighted by molar-refractivity contribution is -0.113. The highest BCUT2D eigenvalue weighted by Gasteiger charge is 2.16. The van der Waals surface area contributed by atoms with Crippen LogP contribution in [0, 0.1) is 0 Å². The summed E-state index contributed by atoms with van der Waals surface area (Å²) in [4.78, 5) is 24.6. The molecule has 168 valence electrons. The zero-order valence-corrected chi connectivity index (χ0v) is 20.1. The van der Waals surface area contributed by atoms with E-state index in [0.717, 1.165) is 5.56 Å². The van der Waals surface area contributed by atoms with E-state index in [0.29, 0.717) is 38.8 Å². The molecule has 0 aliphatic carbocycles. The summed E-state index contributed by atoms with van der Waals surface area (Å²) in [5, 5.41) is 12.8. The van der Waals surface area contributed by atoms with Gasteiger partial charge in [-0.25, -0.2) is 4.79 Å². The molecule has 2 aromatic carbocycles. The lowest BCUT2D eigenvalue weighted by Gasteiger charge is -2.11. The smallest absolute Gasteiger partial charge is 0.338 e. The number of hydrogen-bond donors (Lipinski definition) is 1. The Kier molecular flexibility index (Phi) is 8.17. The van der Waals surface area contributed by atoms with E-state index in [4.69, 9.17) is 27.9 Å². The Morgan fingerprint density at radius 2 is 1.84 bits per heavy atom. The quantitative estimate of drug-likeness (QED) is 0.326. The second-order valence-corrected chi connectivity index (χ2v) is 8.83. The number of nitrogens with one attached hydrogen (secondary N) is 1. The van der Waals surface area contributed by atoms with Crippen LogP contribution in [0.3, 0.4) is 0 Å². The fourth-order valence-electron chi connectivity index (χ4n) is 2.84. The minimum absolute atomic E-state index is 0.0930. The van der Waals surface area contributed by atoms with Crippen LogP contribution in [-0.4, -0.2) is 38.5 Å². The molecule has 3 aromatic rings. The predicted octanol–water partition coefficient (Wildman–Crippen LogP) is 5.57. The molecular weight excluding hydrogens is 471 g/mol. The number of halogens is 2. The van der Waals surface area contributed by atoms with Crippen molar-refractivity contribution in [2.75, 3.05) is 11.1 Å². The summed E-state index contributed by atoms with van der Waals surface area (Å²) in [5.74, 6) is 0.0271. The molecule has 0 saturated carbocycles. The van der Waals surface area contributed by atoms with Crippen LogP contribution in [0.15, 0.2) is 47.6 Å². The van der Waals surface area contributed by atoms with Crippen molar-refractivity contribution >= 4 is 52.5 Å². The number of thioether (sulfide) groups is 1. The number of hydrogen-bond acceptors (Lipinski definition) is 6. The first-order valence-corrected chi connectivity index (χ1v) is 11.6. The van der Waals surface area contributed by atoms with E-state index in [1.54, 1.807) is 38.1 Å². The Labute approximate surface area is 200 Å². The molecule has 1 amide bonds. The SMILES string of the molecule is CCn1c(SCC(=O)Nc2cc(C(=O)OC(C)C)ccc2Cl)nnc1-c1ccc(Cl)cc1. The van der Waals surface area contributed by atoms with Crippen LogP contribution in [0.1, 0.15) is 31.1 Å². The number of nitrogens with zero attached hydrogens (tertiary/aromatic N) is 3. The molecule has 32 heavy (non-hydrogen) atoms. The molecule has 10 heteroatoms. The number of esters is 1. The van der Waals surface area contributed by atoms with Gasteiger partial charge in [0, 0.05) is 17.1 Å². The third-order valence-electron chi connectivity index (χ3n) is 4.29. The Bertz CT molecular complexity index is 1120. The van der Waals surface area contributed by atoms with Gasteiger partial charge < -0.3 is 14.6 Å². The van der Waals surface area contributed by atoms with Gasteiger partial charge in [-0.3, -0.25) is 4.79 Å². The minimum atomic E-state index is -0.479. The zero-order chi connectivity index (χ0) is 23.3. The van der Waals surface area contributed by atoms with Gasteiger partial charge >= 0.3 is 5.97 Å². The fraction of sp³-hybridized carbons (Fsp3) is 0.273. The highest BCUT2D eigenvalue weighted by molar-refractivity contribution is 7.99. The second kappa shape index (κ2) is 10.8. The number of rotatable bonds is 8. The number of amides is 1. The first-order chi connectivity index (χ1) is 15.3. The summed E-state index contributed by atoms with van der Waals surface area (Å²) in [5.41, 5.74) is 1.54. The average molecular weight is 493 g/mol. The highest BCUT2D eigenvalue weighted by Crippen LogP contribution is 2.27. The van der Waals surface area contributed by atoms with Crippen molar-refractivity contribution in [1.29, 1.82) is 0 Å². The number of aromatic nitrogens is 3. The number of benzene rings is 2. The van der Waals surface area contributed by atoms with Crippen LogP contribution in [0.2, 0.25) is 10.0 Å². The molecule has 0 fully saturated rings. The maximum absolute atomic E-state index is 12.5. The van der Waals surface area contributed by atoms with Crippen molar-refractivity contribution < 1.29 is 14.3 Å². The third kappa shape index (κ3) is 6.03. The summed E-state index contributed by atoms with van der Waals surface area (Å²) in [6, 6.07) is 11.9. The standard InChI is InChI=1S/C22H22Cl2N4O3S/c1-4-28-20(14-5-8-16(23)9-6-14)26-27-22(28)32-12-19(29)25-18-11-15(7-10-17(18)24)21(30)31-13(2)3/h5-11,13H,4,12H2,1-3H3,(H,25,29). The molecule has 0 aliphatic rings. The van der Waals surface area contributed by atoms with E-state index in [2.05, 4.69) is 15.5 Å². The van der Waals surface area contributed by atoms with Gasteiger partial charge in [-0.15, -0.1) is 10.2 Å². The predicted molar refractivity (Wildman–Crippen MR) is 127 cm³/mol. The first-order valence-electron chi connectivity index (χ1n) is 9.90. The molecule has 3 rings (SSSR count). The maximum atomic E-state index is 12.5. The Hall–Kier alpha value is -2.55. The van der Waals surface area contributed by atoms with Crippen molar-refractivity contribution in [3.8, 4) is 11.4 Å². The van der Waals surface area contributed by atoms with Crippen molar-refractivity contribution in [2.45, 2.75) is 38.6 Å². The van der Waals surface area contributed by atoms with Crippen LogP contribution in [-0.2, 0) is 16.1 Å². The minimum Gasteiger partial charge on any atom is -0.459 e.